The fourth-order valence-corrected chi connectivity index (χ4v) is 2.87. The van der Waals surface area contributed by atoms with Crippen LogP contribution in [0.4, 0.5) is 0 Å². The third kappa shape index (κ3) is 0.956. The van der Waals surface area contributed by atoms with Gasteiger partial charge in [-0.1, -0.05) is 50.2 Å². The van der Waals surface area contributed by atoms with E-state index in [9.17, 15) is 0 Å². The smallest absolute Gasteiger partial charge is 0.189 e. The summed E-state index contributed by atoms with van der Waals surface area (Å²) in [4.78, 5) is 0. The van der Waals surface area contributed by atoms with Gasteiger partial charge in [0.25, 0.3) is 0 Å². The second-order valence-corrected chi connectivity index (χ2v) is 5.24. The van der Waals surface area contributed by atoms with Gasteiger partial charge in [-0.15, -0.1) is 0 Å². The molecule has 1 spiro atoms. The maximum Gasteiger partial charge on any atom is 0.189 e. The topological polar surface area (TPSA) is 9.23 Å². The molecule has 17 heavy (non-hydrogen) atoms. The number of rotatable bonds is 1. The lowest BCUT2D eigenvalue weighted by atomic mass is 9.92. The first-order valence-electron chi connectivity index (χ1n) is 6.17. The second kappa shape index (κ2) is 2.73. The Morgan fingerprint density at radius 2 is 1.65 bits per heavy atom. The molecular weight excluding hydrogens is 208 g/mol. The lowest BCUT2D eigenvalue weighted by molar-refractivity contribution is 0.144. The van der Waals surface area contributed by atoms with E-state index in [2.05, 4.69) is 56.3 Å². The van der Waals surface area contributed by atoms with E-state index < -0.39 is 0 Å². The Morgan fingerprint density at radius 1 is 0.941 bits per heavy atom. The van der Waals surface area contributed by atoms with Crippen LogP contribution < -0.4 is 4.74 Å². The molecule has 0 fully saturated rings. The van der Waals surface area contributed by atoms with E-state index in [0.717, 1.165) is 5.75 Å². The van der Waals surface area contributed by atoms with Gasteiger partial charge in [-0.2, -0.15) is 0 Å². The number of benzene rings is 2. The molecule has 4 rings (SSSR count). The van der Waals surface area contributed by atoms with Crippen LogP contribution in [0.3, 0.4) is 0 Å². The molecule has 0 unspecified atom stereocenters. The van der Waals surface area contributed by atoms with Crippen molar-refractivity contribution >= 4 is 0 Å². The van der Waals surface area contributed by atoms with Crippen molar-refractivity contribution in [3.05, 3.63) is 64.7 Å². The Labute approximate surface area is 101 Å². The van der Waals surface area contributed by atoms with Crippen LogP contribution in [0.1, 0.15) is 42.0 Å². The first-order valence-corrected chi connectivity index (χ1v) is 6.17. The number of hydrogen-bond acceptors (Lipinski definition) is 1. The molecule has 0 aromatic heterocycles. The van der Waals surface area contributed by atoms with Crippen molar-refractivity contribution in [3.63, 3.8) is 0 Å². The maximum absolute atomic E-state index is 6.04. The molecule has 0 atom stereocenters. The van der Waals surface area contributed by atoms with Gasteiger partial charge < -0.3 is 4.74 Å². The molecule has 2 aromatic rings. The zero-order valence-electron chi connectivity index (χ0n) is 10.0. The quantitative estimate of drug-likeness (QED) is 0.713. The molecule has 1 aliphatic heterocycles. The molecule has 0 amide bonds. The summed E-state index contributed by atoms with van der Waals surface area (Å²) in [5.74, 6) is 1.62. The van der Waals surface area contributed by atoms with Crippen molar-refractivity contribution in [3.8, 4) is 5.75 Å². The van der Waals surface area contributed by atoms with Crippen LogP contribution >= 0.6 is 0 Å². The fourth-order valence-electron chi connectivity index (χ4n) is 2.87. The normalized spacial score (nSPS) is 17.1. The van der Waals surface area contributed by atoms with Gasteiger partial charge in [-0.25, -0.2) is 0 Å². The van der Waals surface area contributed by atoms with Crippen molar-refractivity contribution < 1.29 is 4.74 Å². The monoisotopic (exact) mass is 222 g/mol. The average molecular weight is 222 g/mol. The standard InChI is InChI=1S/C16H14O/c1-10(2)11-7-8-14-15(9-11)17-16(14)12-5-3-4-6-13(12)16/h3-10H,1-2H3. The largest absolute Gasteiger partial charge is 0.472 e. The summed E-state index contributed by atoms with van der Waals surface area (Å²) in [5.41, 5.74) is 5.20. The number of fused-ring (bicyclic) bond motifs is 5. The van der Waals surface area contributed by atoms with Gasteiger partial charge in [0, 0.05) is 16.7 Å². The Balaban J connectivity index is 1.80. The Kier molecular flexibility index (Phi) is 1.49. The van der Waals surface area contributed by atoms with E-state index in [1.807, 2.05) is 0 Å². The van der Waals surface area contributed by atoms with Crippen molar-refractivity contribution in [2.45, 2.75) is 25.4 Å². The van der Waals surface area contributed by atoms with E-state index in [4.69, 9.17) is 4.74 Å². The Bertz CT molecular complexity index is 602. The summed E-state index contributed by atoms with van der Waals surface area (Å²) >= 11 is 0. The van der Waals surface area contributed by atoms with Crippen molar-refractivity contribution in [1.29, 1.82) is 0 Å². The number of hydrogen-bond donors (Lipinski definition) is 0. The summed E-state index contributed by atoms with van der Waals surface area (Å²) in [7, 11) is 0. The minimum absolute atomic E-state index is 0.158. The third-order valence-corrected chi connectivity index (χ3v) is 3.94. The molecule has 1 heteroatoms. The van der Waals surface area contributed by atoms with E-state index in [-0.39, 0.29) is 5.60 Å². The molecule has 1 aliphatic carbocycles. The molecule has 1 nitrogen and oxygen atoms in total. The Morgan fingerprint density at radius 3 is 2.24 bits per heavy atom. The van der Waals surface area contributed by atoms with Gasteiger partial charge in [0.2, 0.25) is 0 Å². The summed E-state index contributed by atoms with van der Waals surface area (Å²) < 4.78 is 6.04. The van der Waals surface area contributed by atoms with Crippen molar-refractivity contribution in [2.24, 2.45) is 0 Å². The zero-order chi connectivity index (χ0) is 11.6. The molecule has 0 saturated carbocycles. The molecule has 84 valence electrons. The molecule has 2 aliphatic rings. The van der Waals surface area contributed by atoms with Crippen LogP contribution in [0.15, 0.2) is 42.5 Å². The van der Waals surface area contributed by atoms with Crippen LogP contribution in [-0.4, -0.2) is 0 Å². The predicted octanol–water partition coefficient (Wildman–Crippen LogP) is 3.81. The van der Waals surface area contributed by atoms with Crippen LogP contribution in [0, 0.1) is 0 Å². The van der Waals surface area contributed by atoms with Crippen LogP contribution in [0.5, 0.6) is 5.75 Å². The first-order chi connectivity index (χ1) is 8.23. The average Bonchev–Trinajstić information content (AvgIpc) is 2.98. The molecule has 2 aromatic carbocycles. The van der Waals surface area contributed by atoms with E-state index in [1.54, 1.807) is 0 Å². The first kappa shape index (κ1) is 9.29. The molecule has 1 heterocycles. The van der Waals surface area contributed by atoms with E-state index in [0.29, 0.717) is 5.92 Å². The highest BCUT2D eigenvalue weighted by molar-refractivity contribution is 5.73. The van der Waals surface area contributed by atoms with Crippen LogP contribution in [0.2, 0.25) is 0 Å². The lowest BCUT2D eigenvalue weighted by Crippen LogP contribution is -2.30. The summed E-state index contributed by atoms with van der Waals surface area (Å²) in [6.07, 6.45) is 0. The second-order valence-electron chi connectivity index (χ2n) is 5.24. The summed E-state index contributed by atoms with van der Waals surface area (Å²) in [5, 5.41) is 0. The highest BCUT2D eigenvalue weighted by Crippen LogP contribution is 2.63. The summed E-state index contributed by atoms with van der Waals surface area (Å²) in [6.45, 7) is 4.42. The highest BCUT2D eigenvalue weighted by atomic mass is 16.5. The lowest BCUT2D eigenvalue weighted by Gasteiger charge is -2.33. The zero-order valence-corrected chi connectivity index (χ0v) is 10.0. The van der Waals surface area contributed by atoms with Gasteiger partial charge in [0.15, 0.2) is 5.60 Å². The highest BCUT2D eigenvalue weighted by Gasteiger charge is 2.61. The summed E-state index contributed by atoms with van der Waals surface area (Å²) in [6, 6.07) is 15.1. The van der Waals surface area contributed by atoms with Crippen molar-refractivity contribution in [1.82, 2.24) is 0 Å². The van der Waals surface area contributed by atoms with Gasteiger partial charge in [-0.05, 0) is 17.5 Å². The SMILES string of the molecule is CC(C)c1ccc2c(c1)OC21c2ccccc21. The van der Waals surface area contributed by atoms with Crippen molar-refractivity contribution in [2.75, 3.05) is 0 Å². The molecule has 0 N–H and O–H groups in total. The van der Waals surface area contributed by atoms with Gasteiger partial charge in [0.1, 0.15) is 5.75 Å². The minimum atomic E-state index is -0.158. The van der Waals surface area contributed by atoms with Crippen LogP contribution in [0.25, 0.3) is 0 Å². The van der Waals surface area contributed by atoms with E-state index >= 15 is 0 Å². The third-order valence-electron chi connectivity index (χ3n) is 3.94. The molecular formula is C16H14O. The van der Waals surface area contributed by atoms with Gasteiger partial charge in [0.05, 0.1) is 0 Å². The van der Waals surface area contributed by atoms with E-state index in [1.165, 1.54) is 22.3 Å². The maximum atomic E-state index is 6.04. The fraction of sp³-hybridized carbons (Fsp3) is 0.250. The number of ether oxygens (including phenoxy) is 1. The predicted molar refractivity (Wildman–Crippen MR) is 67.5 cm³/mol. The van der Waals surface area contributed by atoms with Gasteiger partial charge >= 0.3 is 0 Å². The molecule has 0 saturated heterocycles. The molecule has 0 radical (unpaired) electrons. The molecule has 0 bridgehead atoms. The van der Waals surface area contributed by atoms with Crippen LogP contribution in [-0.2, 0) is 5.60 Å². The van der Waals surface area contributed by atoms with Gasteiger partial charge in [-0.3, -0.25) is 0 Å². The Hall–Kier alpha value is -1.76. The minimum Gasteiger partial charge on any atom is -0.472 e.